The van der Waals surface area contributed by atoms with Crippen molar-refractivity contribution in [1.29, 1.82) is 0 Å². The van der Waals surface area contributed by atoms with Gasteiger partial charge in [-0.3, -0.25) is 14.5 Å². The lowest BCUT2D eigenvalue weighted by Crippen LogP contribution is -2.40. The second-order valence-electron chi connectivity index (χ2n) is 7.96. The van der Waals surface area contributed by atoms with E-state index in [0.717, 1.165) is 22.5 Å². The summed E-state index contributed by atoms with van der Waals surface area (Å²) in [7, 11) is 1.95. The number of anilines is 2. The van der Waals surface area contributed by atoms with Crippen LogP contribution in [0.3, 0.4) is 0 Å². The fourth-order valence-corrected chi connectivity index (χ4v) is 3.71. The molecule has 0 fully saturated rings. The van der Waals surface area contributed by atoms with Crippen LogP contribution in [0.4, 0.5) is 11.4 Å². The van der Waals surface area contributed by atoms with E-state index in [1.165, 1.54) is 0 Å². The number of para-hydroxylation sites is 1. The van der Waals surface area contributed by atoms with Crippen molar-refractivity contribution in [1.82, 2.24) is 4.90 Å². The van der Waals surface area contributed by atoms with Gasteiger partial charge < -0.3 is 10.2 Å². The molecule has 0 saturated carbocycles. The first-order valence-electron chi connectivity index (χ1n) is 10.9. The molecule has 0 radical (unpaired) electrons. The van der Waals surface area contributed by atoms with E-state index in [0.29, 0.717) is 18.7 Å². The van der Waals surface area contributed by atoms with Crippen molar-refractivity contribution in [3.8, 4) is 0 Å². The summed E-state index contributed by atoms with van der Waals surface area (Å²) in [6.07, 6.45) is 0. The second kappa shape index (κ2) is 10.7. The van der Waals surface area contributed by atoms with Crippen molar-refractivity contribution >= 4 is 23.2 Å². The van der Waals surface area contributed by atoms with Crippen molar-refractivity contribution in [2.75, 3.05) is 30.4 Å². The average molecular weight is 430 g/mol. The third kappa shape index (κ3) is 5.62. The highest BCUT2D eigenvalue weighted by atomic mass is 16.2. The van der Waals surface area contributed by atoms with Crippen LogP contribution in [0.2, 0.25) is 0 Å². The normalized spacial score (nSPS) is 11.8. The number of nitrogens with zero attached hydrogens (tertiary/aromatic N) is 2. The lowest BCUT2D eigenvalue weighted by atomic mass is 10.1. The topological polar surface area (TPSA) is 52.7 Å². The molecule has 1 unspecified atom stereocenters. The van der Waals surface area contributed by atoms with Gasteiger partial charge in [0.25, 0.3) is 5.91 Å². The molecule has 166 valence electrons. The first-order chi connectivity index (χ1) is 15.4. The molecule has 3 aromatic rings. The number of aryl methyl sites for hydroxylation is 1. The van der Waals surface area contributed by atoms with Crippen molar-refractivity contribution in [3.05, 3.63) is 95.6 Å². The van der Waals surface area contributed by atoms with Crippen molar-refractivity contribution in [2.45, 2.75) is 26.8 Å². The van der Waals surface area contributed by atoms with Crippen LogP contribution in [0.15, 0.2) is 78.9 Å². The van der Waals surface area contributed by atoms with E-state index in [1.807, 2.05) is 97.4 Å². The summed E-state index contributed by atoms with van der Waals surface area (Å²) in [4.78, 5) is 29.4. The zero-order valence-corrected chi connectivity index (χ0v) is 19.2. The summed E-state index contributed by atoms with van der Waals surface area (Å²) in [6.45, 7) is 6.99. The number of nitrogens with one attached hydrogen (secondary N) is 1. The quantitative estimate of drug-likeness (QED) is 0.529. The number of carbonyl (C=O) groups is 2. The summed E-state index contributed by atoms with van der Waals surface area (Å²) < 4.78 is 0. The highest BCUT2D eigenvalue weighted by molar-refractivity contribution is 6.04. The van der Waals surface area contributed by atoms with Crippen molar-refractivity contribution < 1.29 is 9.59 Å². The van der Waals surface area contributed by atoms with Crippen LogP contribution in [0.1, 0.15) is 41.4 Å². The molecular weight excluding hydrogens is 398 g/mol. The molecule has 0 heterocycles. The lowest BCUT2D eigenvalue weighted by Gasteiger charge is -2.29. The maximum atomic E-state index is 13.1. The molecule has 0 aliphatic rings. The maximum absolute atomic E-state index is 13.1. The Labute approximate surface area is 190 Å². The highest BCUT2D eigenvalue weighted by Gasteiger charge is 2.21. The van der Waals surface area contributed by atoms with Crippen LogP contribution >= 0.6 is 0 Å². The Morgan fingerprint density at radius 1 is 0.938 bits per heavy atom. The standard InChI is InChI=1S/C27H31N3O2/c1-5-30(25-17-10-9-12-20(25)2)26(31)19-29(4)21(3)23-15-11-16-24(18-23)28-27(32)22-13-7-6-8-14-22/h6-18,21H,5,19H2,1-4H3,(H,28,32). The van der Waals surface area contributed by atoms with Gasteiger partial charge in [-0.1, -0.05) is 48.5 Å². The number of amides is 2. The predicted octanol–water partition coefficient (Wildman–Crippen LogP) is 5.29. The van der Waals surface area contributed by atoms with Gasteiger partial charge in [0.2, 0.25) is 5.91 Å². The van der Waals surface area contributed by atoms with E-state index in [-0.39, 0.29) is 17.9 Å². The molecule has 0 aliphatic heterocycles. The Hall–Kier alpha value is -3.44. The van der Waals surface area contributed by atoms with Gasteiger partial charge in [-0.2, -0.15) is 0 Å². The maximum Gasteiger partial charge on any atom is 0.255 e. The van der Waals surface area contributed by atoms with E-state index in [2.05, 4.69) is 12.2 Å². The van der Waals surface area contributed by atoms with Gasteiger partial charge >= 0.3 is 0 Å². The smallest absolute Gasteiger partial charge is 0.255 e. The van der Waals surface area contributed by atoms with Crippen molar-refractivity contribution in [2.24, 2.45) is 0 Å². The summed E-state index contributed by atoms with van der Waals surface area (Å²) in [5.41, 5.74) is 4.42. The molecule has 0 saturated heterocycles. The summed E-state index contributed by atoms with van der Waals surface area (Å²) >= 11 is 0. The number of hydrogen-bond acceptors (Lipinski definition) is 3. The van der Waals surface area contributed by atoms with Crippen LogP contribution in [0.5, 0.6) is 0 Å². The van der Waals surface area contributed by atoms with Gasteiger partial charge in [-0.25, -0.2) is 0 Å². The van der Waals surface area contributed by atoms with E-state index in [4.69, 9.17) is 0 Å². The molecule has 1 N–H and O–H groups in total. The van der Waals surface area contributed by atoms with Crippen LogP contribution in [0, 0.1) is 6.92 Å². The lowest BCUT2D eigenvalue weighted by molar-refractivity contribution is -0.119. The number of rotatable bonds is 8. The zero-order chi connectivity index (χ0) is 23.1. The zero-order valence-electron chi connectivity index (χ0n) is 19.2. The van der Waals surface area contributed by atoms with Gasteiger partial charge in [-0.15, -0.1) is 0 Å². The van der Waals surface area contributed by atoms with E-state index >= 15 is 0 Å². The van der Waals surface area contributed by atoms with Gasteiger partial charge in [0, 0.05) is 29.5 Å². The van der Waals surface area contributed by atoms with Crippen LogP contribution < -0.4 is 10.2 Å². The molecule has 0 aromatic heterocycles. The Morgan fingerprint density at radius 3 is 2.31 bits per heavy atom. The van der Waals surface area contributed by atoms with Crippen LogP contribution in [-0.2, 0) is 4.79 Å². The van der Waals surface area contributed by atoms with Gasteiger partial charge in [0.1, 0.15) is 0 Å². The molecule has 0 spiro atoms. The number of likely N-dealkylation sites (N-methyl/N-ethyl adjacent to an activating group) is 2. The summed E-state index contributed by atoms with van der Waals surface area (Å²) in [5.74, 6) is -0.0829. The minimum Gasteiger partial charge on any atom is -0.322 e. The van der Waals surface area contributed by atoms with Gasteiger partial charge in [0.05, 0.1) is 6.54 Å². The van der Waals surface area contributed by atoms with Gasteiger partial charge in [0.15, 0.2) is 0 Å². The molecular formula is C27H31N3O2. The highest BCUT2D eigenvalue weighted by Crippen LogP contribution is 2.24. The Kier molecular flexibility index (Phi) is 7.79. The number of carbonyl (C=O) groups excluding carboxylic acids is 2. The third-order valence-corrected chi connectivity index (χ3v) is 5.73. The molecule has 3 rings (SSSR count). The molecule has 0 aliphatic carbocycles. The summed E-state index contributed by atoms with van der Waals surface area (Å²) in [5, 5.41) is 2.96. The Balaban J connectivity index is 1.68. The molecule has 2 amide bonds. The molecule has 1 atom stereocenters. The number of benzene rings is 3. The first-order valence-corrected chi connectivity index (χ1v) is 10.9. The molecule has 5 heteroatoms. The van der Waals surface area contributed by atoms with Crippen molar-refractivity contribution in [3.63, 3.8) is 0 Å². The predicted molar refractivity (Wildman–Crippen MR) is 131 cm³/mol. The van der Waals surface area contributed by atoms with Gasteiger partial charge in [-0.05, 0) is 69.3 Å². The van der Waals surface area contributed by atoms with E-state index < -0.39 is 0 Å². The van der Waals surface area contributed by atoms with Crippen LogP contribution in [-0.4, -0.2) is 36.9 Å². The van der Waals surface area contributed by atoms with E-state index in [1.54, 1.807) is 12.1 Å². The molecule has 32 heavy (non-hydrogen) atoms. The molecule has 3 aromatic carbocycles. The van der Waals surface area contributed by atoms with Crippen LogP contribution in [0.25, 0.3) is 0 Å². The average Bonchev–Trinajstić information content (AvgIpc) is 2.81. The molecule has 5 nitrogen and oxygen atoms in total. The largest absolute Gasteiger partial charge is 0.322 e. The third-order valence-electron chi connectivity index (χ3n) is 5.73. The monoisotopic (exact) mass is 429 g/mol. The Bertz CT molecular complexity index is 1070. The Morgan fingerprint density at radius 2 is 1.62 bits per heavy atom. The minimum absolute atomic E-state index is 0.00287. The van der Waals surface area contributed by atoms with E-state index in [9.17, 15) is 9.59 Å². The SMILES string of the molecule is CCN(C(=O)CN(C)C(C)c1cccc(NC(=O)c2ccccc2)c1)c1ccccc1C. The summed E-state index contributed by atoms with van der Waals surface area (Å²) in [6, 6.07) is 24.9. The minimum atomic E-state index is -0.143. The second-order valence-corrected chi connectivity index (χ2v) is 7.96. The fraction of sp³-hybridized carbons (Fsp3) is 0.259. The first kappa shape index (κ1) is 23.2. The fourth-order valence-electron chi connectivity index (χ4n) is 3.71. The molecule has 0 bridgehead atoms. The number of hydrogen-bond donors (Lipinski definition) is 1.